The van der Waals surface area contributed by atoms with E-state index in [1.807, 2.05) is 24.3 Å². The summed E-state index contributed by atoms with van der Waals surface area (Å²) in [5.74, 6) is 0.751. The van der Waals surface area contributed by atoms with E-state index in [2.05, 4.69) is 34.1 Å². The van der Waals surface area contributed by atoms with E-state index in [4.69, 9.17) is 0 Å². The van der Waals surface area contributed by atoms with Crippen LogP contribution >= 0.6 is 0 Å². The second-order valence-electron chi connectivity index (χ2n) is 3.16. The highest BCUT2D eigenvalue weighted by Gasteiger charge is 2.02. The summed E-state index contributed by atoms with van der Waals surface area (Å²) in [5.41, 5.74) is 1.16. The van der Waals surface area contributed by atoms with Gasteiger partial charge in [0.1, 0.15) is 0 Å². The zero-order chi connectivity index (χ0) is 10.5. The Bertz CT molecular complexity index is 395. The summed E-state index contributed by atoms with van der Waals surface area (Å²) >= 11 is 0. The molecule has 0 amide bonds. The molecule has 3 nitrogen and oxygen atoms in total. The maximum Gasteiger partial charge on any atom is 0.151 e. The molecule has 0 bridgehead atoms. The summed E-state index contributed by atoms with van der Waals surface area (Å²) in [5, 5.41) is 0. The van der Waals surface area contributed by atoms with Crippen LogP contribution in [0.15, 0.2) is 58.1 Å². The van der Waals surface area contributed by atoms with Gasteiger partial charge in [-0.05, 0) is 31.2 Å². The van der Waals surface area contributed by atoms with E-state index >= 15 is 0 Å². The summed E-state index contributed by atoms with van der Waals surface area (Å²) < 4.78 is 0. The molecule has 2 heterocycles. The van der Waals surface area contributed by atoms with Crippen molar-refractivity contribution in [3.8, 4) is 0 Å². The molecular weight excluding hydrogens is 186 g/mol. The minimum Gasteiger partial charge on any atom is -0.348 e. The Labute approximate surface area is 89.5 Å². The van der Waals surface area contributed by atoms with E-state index in [0.717, 1.165) is 18.1 Å². The number of nitrogens with zero attached hydrogens (tertiary/aromatic N) is 3. The molecule has 0 saturated carbocycles. The van der Waals surface area contributed by atoms with Crippen LogP contribution in [0, 0.1) is 0 Å². The highest BCUT2D eigenvalue weighted by molar-refractivity contribution is 6.18. The average molecular weight is 199 g/mol. The zero-order valence-electron chi connectivity index (χ0n) is 8.67. The Hall–Kier alpha value is -1.90. The van der Waals surface area contributed by atoms with Gasteiger partial charge in [0.2, 0.25) is 0 Å². The second kappa shape index (κ2) is 4.55. The van der Waals surface area contributed by atoms with Gasteiger partial charge in [-0.2, -0.15) is 0 Å². The van der Waals surface area contributed by atoms with Crippen LogP contribution in [0.1, 0.15) is 6.92 Å². The molecule has 0 N–H and O–H groups in total. The molecule has 76 valence electrons. The predicted molar refractivity (Wildman–Crippen MR) is 63.8 cm³/mol. The van der Waals surface area contributed by atoms with E-state index in [0.29, 0.717) is 0 Å². The molecule has 0 spiro atoms. The van der Waals surface area contributed by atoms with Crippen molar-refractivity contribution in [2.24, 2.45) is 9.98 Å². The first-order valence-electron chi connectivity index (χ1n) is 5.00. The summed E-state index contributed by atoms with van der Waals surface area (Å²) in [7, 11) is 0. The third-order valence-corrected chi connectivity index (χ3v) is 2.20. The van der Waals surface area contributed by atoms with Gasteiger partial charge in [0, 0.05) is 30.9 Å². The molecule has 0 aromatic carbocycles. The molecule has 0 radical (unpaired) electrons. The molecule has 0 aromatic heterocycles. The van der Waals surface area contributed by atoms with Gasteiger partial charge >= 0.3 is 0 Å². The number of hydrogen-bond donors (Lipinski definition) is 0. The van der Waals surface area contributed by atoms with Crippen molar-refractivity contribution in [1.82, 2.24) is 4.90 Å². The van der Waals surface area contributed by atoms with E-state index in [9.17, 15) is 0 Å². The molecule has 0 unspecified atom stereocenters. The van der Waals surface area contributed by atoms with Crippen LogP contribution in [0.4, 0.5) is 0 Å². The number of allylic oxidation sites excluding steroid dienone is 5. The van der Waals surface area contributed by atoms with Crippen LogP contribution in [-0.4, -0.2) is 23.9 Å². The molecule has 0 atom stereocenters. The number of hydrogen-bond acceptors (Lipinski definition) is 3. The molecule has 3 heteroatoms. The van der Waals surface area contributed by atoms with Crippen molar-refractivity contribution in [2.75, 3.05) is 6.54 Å². The standard InChI is InChI=1S/C12H13N3/c1-2-15-10-4-3-5-11(15)6-7-12-13-8-9-14-12/h3-10H,2H2,1H3/b11-6+. The van der Waals surface area contributed by atoms with E-state index < -0.39 is 0 Å². The van der Waals surface area contributed by atoms with Crippen LogP contribution in [0.3, 0.4) is 0 Å². The van der Waals surface area contributed by atoms with Crippen molar-refractivity contribution >= 4 is 12.4 Å². The summed E-state index contributed by atoms with van der Waals surface area (Å²) in [4.78, 5) is 10.3. The van der Waals surface area contributed by atoms with Gasteiger partial charge < -0.3 is 4.90 Å². The van der Waals surface area contributed by atoms with Crippen LogP contribution in [0.25, 0.3) is 0 Å². The highest BCUT2D eigenvalue weighted by atomic mass is 15.1. The third-order valence-electron chi connectivity index (χ3n) is 2.20. The van der Waals surface area contributed by atoms with Crippen LogP contribution < -0.4 is 0 Å². The smallest absolute Gasteiger partial charge is 0.151 e. The van der Waals surface area contributed by atoms with Gasteiger partial charge in [-0.1, -0.05) is 6.08 Å². The lowest BCUT2D eigenvalue weighted by Crippen LogP contribution is -2.15. The lowest BCUT2D eigenvalue weighted by Gasteiger charge is -2.21. The Morgan fingerprint density at radius 3 is 2.73 bits per heavy atom. The van der Waals surface area contributed by atoms with Crippen molar-refractivity contribution < 1.29 is 0 Å². The van der Waals surface area contributed by atoms with E-state index in [1.54, 1.807) is 12.4 Å². The van der Waals surface area contributed by atoms with Crippen LogP contribution in [0.5, 0.6) is 0 Å². The molecule has 2 rings (SSSR count). The Morgan fingerprint density at radius 2 is 2.00 bits per heavy atom. The first-order chi connectivity index (χ1) is 7.40. The highest BCUT2D eigenvalue weighted by Crippen LogP contribution is 2.13. The lowest BCUT2D eigenvalue weighted by molar-refractivity contribution is 0.503. The number of aliphatic imine (C=N–C) groups is 2. The van der Waals surface area contributed by atoms with Crippen molar-refractivity contribution in [3.05, 3.63) is 48.1 Å². The third kappa shape index (κ3) is 2.31. The first-order valence-corrected chi connectivity index (χ1v) is 5.00. The minimum atomic E-state index is 0.751. The molecule has 0 aliphatic carbocycles. The normalized spacial score (nSPS) is 20.7. The van der Waals surface area contributed by atoms with Crippen molar-refractivity contribution in [3.63, 3.8) is 0 Å². The predicted octanol–water partition coefficient (Wildman–Crippen LogP) is 2.27. The van der Waals surface area contributed by atoms with Gasteiger partial charge in [0.05, 0.1) is 0 Å². The first kappa shape index (κ1) is 9.65. The number of likely N-dealkylation sites (N-methyl/N-ethyl adjacent to an activating group) is 1. The molecular formula is C12H13N3. The molecule has 0 saturated heterocycles. The maximum atomic E-state index is 4.08. The Morgan fingerprint density at radius 1 is 1.20 bits per heavy atom. The van der Waals surface area contributed by atoms with E-state index in [-0.39, 0.29) is 0 Å². The van der Waals surface area contributed by atoms with E-state index in [1.165, 1.54) is 0 Å². The minimum absolute atomic E-state index is 0.751. The zero-order valence-corrected chi connectivity index (χ0v) is 8.67. The molecule has 2 aliphatic heterocycles. The fraction of sp³-hybridized carbons (Fsp3) is 0.167. The summed E-state index contributed by atoms with van der Waals surface area (Å²) in [6, 6.07) is 0. The largest absolute Gasteiger partial charge is 0.348 e. The topological polar surface area (TPSA) is 28.0 Å². The average Bonchev–Trinajstić information content (AvgIpc) is 2.79. The van der Waals surface area contributed by atoms with Crippen LogP contribution in [-0.2, 0) is 0 Å². The lowest BCUT2D eigenvalue weighted by atomic mass is 10.2. The van der Waals surface area contributed by atoms with Crippen molar-refractivity contribution in [1.29, 1.82) is 0 Å². The molecule has 2 aliphatic rings. The Balaban J connectivity index is 2.15. The summed E-state index contributed by atoms with van der Waals surface area (Å²) in [6.45, 7) is 3.08. The SMILES string of the molecule is CCN1C=CC=C/C1=C\C=C1N=CC=N1. The summed E-state index contributed by atoms with van der Waals surface area (Å²) in [6.07, 6.45) is 15.5. The fourth-order valence-electron chi connectivity index (χ4n) is 1.43. The van der Waals surface area contributed by atoms with Gasteiger partial charge in [0.25, 0.3) is 0 Å². The Kier molecular flexibility index (Phi) is 2.93. The second-order valence-corrected chi connectivity index (χ2v) is 3.16. The van der Waals surface area contributed by atoms with Gasteiger partial charge in [-0.25, -0.2) is 9.98 Å². The molecule has 15 heavy (non-hydrogen) atoms. The fourth-order valence-corrected chi connectivity index (χ4v) is 1.43. The van der Waals surface area contributed by atoms with Crippen molar-refractivity contribution in [2.45, 2.75) is 6.92 Å². The van der Waals surface area contributed by atoms with Gasteiger partial charge in [-0.15, -0.1) is 0 Å². The van der Waals surface area contributed by atoms with Crippen LogP contribution in [0.2, 0.25) is 0 Å². The molecule has 0 fully saturated rings. The maximum absolute atomic E-state index is 4.08. The number of rotatable bonds is 2. The van der Waals surface area contributed by atoms with Gasteiger partial charge in [-0.3, -0.25) is 0 Å². The monoisotopic (exact) mass is 199 g/mol. The molecule has 0 aromatic rings. The van der Waals surface area contributed by atoms with Gasteiger partial charge in [0.15, 0.2) is 5.82 Å². The quantitative estimate of drug-likeness (QED) is 0.670.